The highest BCUT2D eigenvalue weighted by Gasteiger charge is 2.09. The van der Waals surface area contributed by atoms with E-state index >= 15 is 0 Å². The lowest BCUT2D eigenvalue weighted by atomic mass is 10.3. The van der Waals surface area contributed by atoms with Gasteiger partial charge in [0, 0.05) is 37.2 Å². The smallest absolute Gasteiger partial charge is 0.320 e. The number of benzene rings is 1. The maximum Gasteiger partial charge on any atom is 0.320 e. The minimum Gasteiger partial charge on any atom is -0.353 e. The van der Waals surface area contributed by atoms with Crippen LogP contribution in [0, 0.1) is 6.92 Å². The first-order valence-corrected chi connectivity index (χ1v) is 7.50. The molecule has 6 heteroatoms. The topological polar surface area (TPSA) is 63.9 Å². The van der Waals surface area contributed by atoms with Gasteiger partial charge in [0.2, 0.25) is 0 Å². The highest BCUT2D eigenvalue weighted by Crippen LogP contribution is 2.15. The lowest BCUT2D eigenvalue weighted by Gasteiger charge is -2.07. The van der Waals surface area contributed by atoms with Gasteiger partial charge in [-0.1, -0.05) is 18.2 Å². The Hall–Kier alpha value is -3.02. The first-order valence-electron chi connectivity index (χ1n) is 7.50. The SMILES string of the molecule is Cc1cn(-c2ccccc2)nc1NC(=O)NCCn1cccc1. The zero-order chi connectivity index (χ0) is 16.1. The molecule has 0 aliphatic heterocycles. The first-order chi connectivity index (χ1) is 11.2. The second-order valence-electron chi connectivity index (χ2n) is 5.24. The number of nitrogens with one attached hydrogen (secondary N) is 2. The van der Waals surface area contributed by atoms with E-state index in [2.05, 4.69) is 15.7 Å². The molecular weight excluding hydrogens is 290 g/mol. The molecule has 2 aromatic heterocycles. The van der Waals surface area contributed by atoms with E-state index in [4.69, 9.17) is 0 Å². The Kier molecular flexibility index (Phi) is 4.42. The van der Waals surface area contributed by atoms with Crippen molar-refractivity contribution in [3.05, 3.63) is 66.6 Å². The highest BCUT2D eigenvalue weighted by molar-refractivity contribution is 5.88. The van der Waals surface area contributed by atoms with Gasteiger partial charge in [0.25, 0.3) is 0 Å². The molecule has 0 unspecified atom stereocenters. The normalized spacial score (nSPS) is 10.5. The van der Waals surface area contributed by atoms with Crippen LogP contribution in [0.15, 0.2) is 61.1 Å². The fraction of sp³-hybridized carbons (Fsp3) is 0.176. The van der Waals surface area contributed by atoms with Crippen LogP contribution in [0.2, 0.25) is 0 Å². The summed E-state index contributed by atoms with van der Waals surface area (Å²) in [4.78, 5) is 12.0. The maximum atomic E-state index is 12.0. The Morgan fingerprint density at radius 1 is 1.13 bits per heavy atom. The molecule has 2 N–H and O–H groups in total. The molecule has 2 heterocycles. The monoisotopic (exact) mass is 309 g/mol. The van der Waals surface area contributed by atoms with Crippen LogP contribution in [0.4, 0.5) is 10.6 Å². The van der Waals surface area contributed by atoms with Gasteiger partial charge in [0.05, 0.1) is 5.69 Å². The van der Waals surface area contributed by atoms with Crippen LogP contribution < -0.4 is 10.6 Å². The number of hydrogen-bond acceptors (Lipinski definition) is 2. The average Bonchev–Trinajstić information content (AvgIpc) is 3.19. The van der Waals surface area contributed by atoms with Gasteiger partial charge in [-0.2, -0.15) is 0 Å². The van der Waals surface area contributed by atoms with Crippen molar-refractivity contribution >= 4 is 11.8 Å². The molecule has 3 rings (SSSR count). The molecule has 118 valence electrons. The summed E-state index contributed by atoms with van der Waals surface area (Å²) in [7, 11) is 0. The van der Waals surface area contributed by atoms with Crippen molar-refractivity contribution in [3.63, 3.8) is 0 Å². The van der Waals surface area contributed by atoms with Crippen molar-refractivity contribution in [1.29, 1.82) is 0 Å². The molecule has 0 saturated heterocycles. The number of carbonyl (C=O) groups is 1. The van der Waals surface area contributed by atoms with Crippen molar-refractivity contribution in [2.45, 2.75) is 13.5 Å². The number of rotatable bonds is 5. The van der Waals surface area contributed by atoms with Crippen molar-refractivity contribution < 1.29 is 4.79 Å². The number of aryl methyl sites for hydroxylation is 1. The van der Waals surface area contributed by atoms with Gasteiger partial charge in [0.1, 0.15) is 0 Å². The molecule has 0 aliphatic carbocycles. The Bertz CT molecular complexity index is 762. The standard InChI is InChI=1S/C17H19N5O/c1-14-13-22(15-7-3-2-4-8-15)20-16(14)19-17(23)18-9-12-21-10-5-6-11-21/h2-8,10-11,13H,9,12H2,1H3,(H2,18,19,20,23). The lowest BCUT2D eigenvalue weighted by Crippen LogP contribution is -2.31. The number of carbonyl (C=O) groups excluding carboxylic acids is 1. The number of aromatic nitrogens is 3. The molecule has 0 fully saturated rings. The third-order valence-electron chi connectivity index (χ3n) is 3.47. The van der Waals surface area contributed by atoms with Crippen molar-refractivity contribution in [2.24, 2.45) is 0 Å². The first kappa shape index (κ1) is 14.9. The minimum atomic E-state index is -0.251. The van der Waals surface area contributed by atoms with Crippen molar-refractivity contribution in [2.75, 3.05) is 11.9 Å². The average molecular weight is 309 g/mol. The Balaban J connectivity index is 1.57. The summed E-state index contributed by atoms with van der Waals surface area (Å²) in [6.07, 6.45) is 5.82. The maximum absolute atomic E-state index is 12.0. The minimum absolute atomic E-state index is 0.251. The van der Waals surface area contributed by atoms with Gasteiger partial charge in [-0.3, -0.25) is 5.32 Å². The molecule has 6 nitrogen and oxygen atoms in total. The fourth-order valence-electron chi connectivity index (χ4n) is 2.27. The fourth-order valence-corrected chi connectivity index (χ4v) is 2.27. The summed E-state index contributed by atoms with van der Waals surface area (Å²) >= 11 is 0. The summed E-state index contributed by atoms with van der Waals surface area (Å²) in [5.41, 5.74) is 1.87. The number of urea groups is 1. The van der Waals surface area contributed by atoms with Crippen LogP contribution in [0.3, 0.4) is 0 Å². The third kappa shape index (κ3) is 3.79. The van der Waals surface area contributed by atoms with E-state index in [0.29, 0.717) is 12.4 Å². The Labute approximate surface area is 134 Å². The van der Waals surface area contributed by atoms with Crippen molar-refractivity contribution in [1.82, 2.24) is 19.7 Å². The largest absolute Gasteiger partial charge is 0.353 e. The van der Waals surface area contributed by atoms with E-state index in [1.807, 2.05) is 72.5 Å². The molecule has 3 aromatic rings. The summed E-state index contributed by atoms with van der Waals surface area (Å²) in [6.45, 7) is 3.21. The van der Waals surface area contributed by atoms with E-state index in [1.54, 1.807) is 4.68 Å². The predicted molar refractivity (Wildman–Crippen MR) is 89.8 cm³/mol. The van der Waals surface area contributed by atoms with Gasteiger partial charge < -0.3 is 9.88 Å². The summed E-state index contributed by atoms with van der Waals surface area (Å²) in [5, 5.41) is 10.0. The Morgan fingerprint density at radius 2 is 1.87 bits per heavy atom. The molecule has 2 amide bonds. The van der Waals surface area contributed by atoms with E-state index in [9.17, 15) is 4.79 Å². The van der Waals surface area contributed by atoms with E-state index in [0.717, 1.165) is 17.8 Å². The van der Waals surface area contributed by atoms with Crippen LogP contribution in [0.5, 0.6) is 0 Å². The zero-order valence-electron chi connectivity index (χ0n) is 12.9. The quantitative estimate of drug-likeness (QED) is 0.761. The third-order valence-corrected chi connectivity index (χ3v) is 3.47. The zero-order valence-corrected chi connectivity index (χ0v) is 12.9. The van der Waals surface area contributed by atoms with E-state index in [-0.39, 0.29) is 6.03 Å². The molecule has 1 aromatic carbocycles. The summed E-state index contributed by atoms with van der Waals surface area (Å²) in [6, 6.07) is 13.5. The van der Waals surface area contributed by atoms with Gasteiger partial charge >= 0.3 is 6.03 Å². The Morgan fingerprint density at radius 3 is 2.61 bits per heavy atom. The second-order valence-corrected chi connectivity index (χ2v) is 5.24. The van der Waals surface area contributed by atoms with Crippen LogP contribution in [-0.2, 0) is 6.54 Å². The van der Waals surface area contributed by atoms with Gasteiger partial charge in [-0.05, 0) is 31.2 Å². The molecule has 0 atom stereocenters. The summed E-state index contributed by atoms with van der Waals surface area (Å²) in [5.74, 6) is 0.562. The molecule has 0 spiro atoms. The molecule has 0 saturated carbocycles. The number of anilines is 1. The predicted octanol–water partition coefficient (Wildman–Crippen LogP) is 2.80. The van der Waals surface area contributed by atoms with Crippen molar-refractivity contribution in [3.8, 4) is 5.69 Å². The van der Waals surface area contributed by atoms with Gasteiger partial charge in [-0.25, -0.2) is 9.48 Å². The highest BCUT2D eigenvalue weighted by atomic mass is 16.2. The van der Waals surface area contributed by atoms with E-state index < -0.39 is 0 Å². The molecule has 0 aliphatic rings. The van der Waals surface area contributed by atoms with Gasteiger partial charge in [-0.15, -0.1) is 5.10 Å². The number of amides is 2. The number of nitrogens with zero attached hydrogens (tertiary/aromatic N) is 3. The number of para-hydroxylation sites is 1. The van der Waals surface area contributed by atoms with Crippen LogP contribution in [0.1, 0.15) is 5.56 Å². The van der Waals surface area contributed by atoms with Crippen LogP contribution >= 0.6 is 0 Å². The molecule has 0 radical (unpaired) electrons. The second kappa shape index (κ2) is 6.83. The molecular formula is C17H19N5O. The van der Waals surface area contributed by atoms with Gasteiger partial charge in [0.15, 0.2) is 5.82 Å². The van der Waals surface area contributed by atoms with E-state index in [1.165, 1.54) is 0 Å². The molecule has 23 heavy (non-hydrogen) atoms. The van der Waals surface area contributed by atoms with Crippen LogP contribution in [-0.4, -0.2) is 26.9 Å². The summed E-state index contributed by atoms with van der Waals surface area (Å²) < 4.78 is 3.76. The lowest BCUT2D eigenvalue weighted by molar-refractivity contribution is 0.251. The number of hydrogen-bond donors (Lipinski definition) is 2. The molecule has 0 bridgehead atoms. The van der Waals surface area contributed by atoms with Crippen LogP contribution in [0.25, 0.3) is 5.69 Å².